The van der Waals surface area contributed by atoms with Crippen LogP contribution in [-0.4, -0.2) is 4.98 Å². The van der Waals surface area contributed by atoms with Crippen LogP contribution in [0.4, 0.5) is 13.2 Å². The zero-order valence-corrected chi connectivity index (χ0v) is 12.6. The Morgan fingerprint density at radius 2 is 1.87 bits per heavy atom. The zero-order valence-electron chi connectivity index (χ0n) is 12.6. The Kier molecular flexibility index (Phi) is 3.99. The predicted octanol–water partition coefficient (Wildman–Crippen LogP) is 6.14. The largest absolute Gasteiger partial charge is 0.416 e. The van der Waals surface area contributed by atoms with Crippen molar-refractivity contribution in [2.24, 2.45) is 0 Å². The summed E-state index contributed by atoms with van der Waals surface area (Å²) in [6.45, 7) is 1.95. The highest BCUT2D eigenvalue weighted by atomic mass is 19.4. The van der Waals surface area contributed by atoms with Gasteiger partial charge in [-0.1, -0.05) is 37.3 Å². The second-order valence-electron chi connectivity index (χ2n) is 5.39. The molecule has 4 heteroatoms. The Bertz CT molecular complexity index is 856. The monoisotopic (exact) mass is 315 g/mol. The lowest BCUT2D eigenvalue weighted by Gasteiger charge is -2.10. The second-order valence-corrected chi connectivity index (χ2v) is 5.39. The van der Waals surface area contributed by atoms with E-state index in [0.29, 0.717) is 12.0 Å². The Morgan fingerprint density at radius 1 is 1.09 bits per heavy atom. The predicted molar refractivity (Wildman–Crippen MR) is 87.9 cm³/mol. The number of rotatable bonds is 3. The maximum Gasteiger partial charge on any atom is 0.416 e. The van der Waals surface area contributed by atoms with Crippen molar-refractivity contribution in [3.63, 3.8) is 0 Å². The van der Waals surface area contributed by atoms with E-state index in [9.17, 15) is 13.2 Å². The summed E-state index contributed by atoms with van der Waals surface area (Å²) in [6, 6.07) is 13.4. The van der Waals surface area contributed by atoms with E-state index in [2.05, 4.69) is 4.98 Å². The number of nitrogens with one attached hydrogen (secondary N) is 1. The number of benzene rings is 2. The molecule has 0 atom stereocenters. The molecule has 1 nitrogen and oxygen atoms in total. The summed E-state index contributed by atoms with van der Waals surface area (Å²) in [5.41, 5.74) is 2.86. The molecule has 0 unspecified atom stereocenters. The molecule has 0 spiro atoms. The summed E-state index contributed by atoms with van der Waals surface area (Å²) in [6.07, 6.45) is 0.165. The lowest BCUT2D eigenvalue weighted by Crippen LogP contribution is -2.05. The van der Waals surface area contributed by atoms with E-state index in [1.54, 1.807) is 6.07 Å². The third kappa shape index (κ3) is 3.16. The van der Waals surface area contributed by atoms with Gasteiger partial charge in [0.2, 0.25) is 0 Å². The molecule has 1 aromatic heterocycles. The fourth-order valence-corrected chi connectivity index (χ4v) is 2.69. The molecule has 118 valence electrons. The van der Waals surface area contributed by atoms with Crippen LogP contribution in [0.15, 0.2) is 54.7 Å². The molecule has 23 heavy (non-hydrogen) atoms. The first-order chi connectivity index (χ1) is 11.0. The Hall–Kier alpha value is -2.49. The third-order valence-corrected chi connectivity index (χ3v) is 3.89. The van der Waals surface area contributed by atoms with Gasteiger partial charge in [-0.15, -0.1) is 0 Å². The summed E-state index contributed by atoms with van der Waals surface area (Å²) in [5.74, 6) is 0. The van der Waals surface area contributed by atoms with Crippen LogP contribution < -0.4 is 0 Å². The molecule has 1 heterocycles. The van der Waals surface area contributed by atoms with Gasteiger partial charge in [-0.3, -0.25) is 0 Å². The number of halogens is 3. The Labute approximate surface area is 132 Å². The zero-order chi connectivity index (χ0) is 16.4. The molecule has 0 aliphatic carbocycles. The lowest BCUT2D eigenvalue weighted by molar-refractivity contribution is -0.137. The molecule has 0 amide bonds. The first-order valence-electron chi connectivity index (χ1n) is 7.43. The van der Waals surface area contributed by atoms with Crippen LogP contribution in [0.5, 0.6) is 0 Å². The first kappa shape index (κ1) is 15.4. The van der Waals surface area contributed by atoms with Gasteiger partial charge in [-0.05, 0) is 41.8 Å². The minimum Gasteiger partial charge on any atom is -0.361 e. The van der Waals surface area contributed by atoms with Gasteiger partial charge in [0.25, 0.3) is 0 Å². The van der Waals surface area contributed by atoms with Crippen molar-refractivity contribution >= 4 is 22.6 Å². The summed E-state index contributed by atoms with van der Waals surface area (Å²) in [4.78, 5) is 3.18. The van der Waals surface area contributed by atoms with Crippen molar-refractivity contribution in [1.82, 2.24) is 4.98 Å². The number of aromatic amines is 1. The average molecular weight is 315 g/mol. The molecule has 0 saturated heterocycles. The number of aromatic nitrogens is 1. The maximum absolute atomic E-state index is 12.9. The van der Waals surface area contributed by atoms with E-state index in [-0.39, 0.29) is 0 Å². The number of para-hydroxylation sites is 1. The highest BCUT2D eigenvalue weighted by Gasteiger charge is 2.30. The quantitative estimate of drug-likeness (QED) is 0.598. The number of H-pyrrole nitrogens is 1. The third-order valence-electron chi connectivity index (χ3n) is 3.89. The average Bonchev–Trinajstić information content (AvgIpc) is 2.95. The number of hydrogen-bond donors (Lipinski definition) is 1. The van der Waals surface area contributed by atoms with Gasteiger partial charge in [0.1, 0.15) is 0 Å². The molecule has 3 aromatic rings. The molecule has 0 radical (unpaired) electrons. The summed E-state index contributed by atoms with van der Waals surface area (Å²) >= 11 is 0. The molecule has 0 aliphatic heterocycles. The lowest BCUT2D eigenvalue weighted by atomic mass is 9.98. The second kappa shape index (κ2) is 5.95. The molecule has 0 aliphatic rings. The molecular weight excluding hydrogens is 299 g/mol. The summed E-state index contributed by atoms with van der Waals surface area (Å²) in [5, 5.41) is 1.06. The van der Waals surface area contributed by atoms with Gasteiger partial charge < -0.3 is 4.98 Å². The van der Waals surface area contributed by atoms with Gasteiger partial charge in [0.15, 0.2) is 0 Å². The van der Waals surface area contributed by atoms with Crippen LogP contribution in [0.1, 0.15) is 30.0 Å². The van der Waals surface area contributed by atoms with Crippen LogP contribution in [0, 0.1) is 0 Å². The van der Waals surface area contributed by atoms with Gasteiger partial charge in [0, 0.05) is 22.7 Å². The SMILES string of the molecule is CCC(=Cc1c[nH]c2ccccc12)c1cccc(C(F)(F)F)c1. The van der Waals surface area contributed by atoms with E-state index >= 15 is 0 Å². The number of allylic oxidation sites excluding steroid dienone is 1. The Balaban J connectivity index is 2.06. The van der Waals surface area contributed by atoms with Crippen LogP contribution in [-0.2, 0) is 6.18 Å². The molecule has 0 fully saturated rings. The van der Waals surface area contributed by atoms with E-state index in [1.165, 1.54) is 12.1 Å². The van der Waals surface area contributed by atoms with E-state index in [1.807, 2.05) is 43.5 Å². The summed E-state index contributed by atoms with van der Waals surface area (Å²) < 4.78 is 38.7. The first-order valence-corrected chi connectivity index (χ1v) is 7.43. The minimum atomic E-state index is -4.32. The number of fused-ring (bicyclic) bond motifs is 1. The highest BCUT2D eigenvalue weighted by Crippen LogP contribution is 2.32. The minimum absolute atomic E-state index is 0.604. The number of alkyl halides is 3. The topological polar surface area (TPSA) is 15.8 Å². The van der Waals surface area contributed by atoms with Gasteiger partial charge >= 0.3 is 6.18 Å². The van der Waals surface area contributed by atoms with Crippen molar-refractivity contribution in [1.29, 1.82) is 0 Å². The van der Waals surface area contributed by atoms with Gasteiger partial charge in [0.05, 0.1) is 5.56 Å². The van der Waals surface area contributed by atoms with Crippen LogP contribution in [0.25, 0.3) is 22.6 Å². The van der Waals surface area contributed by atoms with Crippen molar-refractivity contribution in [3.8, 4) is 0 Å². The summed E-state index contributed by atoms with van der Waals surface area (Å²) in [7, 11) is 0. The molecule has 0 bridgehead atoms. The van der Waals surface area contributed by atoms with Gasteiger partial charge in [-0.2, -0.15) is 13.2 Å². The van der Waals surface area contributed by atoms with Crippen molar-refractivity contribution in [2.75, 3.05) is 0 Å². The van der Waals surface area contributed by atoms with Crippen LogP contribution >= 0.6 is 0 Å². The fourth-order valence-electron chi connectivity index (χ4n) is 2.69. The smallest absolute Gasteiger partial charge is 0.361 e. The molecule has 3 rings (SSSR count). The molecule has 2 aromatic carbocycles. The normalized spacial score (nSPS) is 12.8. The van der Waals surface area contributed by atoms with Crippen molar-refractivity contribution < 1.29 is 13.2 Å². The van der Waals surface area contributed by atoms with E-state index in [0.717, 1.165) is 28.1 Å². The van der Waals surface area contributed by atoms with E-state index in [4.69, 9.17) is 0 Å². The van der Waals surface area contributed by atoms with Crippen LogP contribution in [0.3, 0.4) is 0 Å². The van der Waals surface area contributed by atoms with Crippen LogP contribution in [0.2, 0.25) is 0 Å². The standard InChI is InChI=1S/C19H16F3N/c1-2-13(14-6-5-7-16(11-14)19(20,21)22)10-15-12-23-18-9-4-3-8-17(15)18/h3-12,23H,2H2,1H3. The van der Waals surface area contributed by atoms with Gasteiger partial charge in [-0.25, -0.2) is 0 Å². The van der Waals surface area contributed by atoms with Crippen molar-refractivity contribution in [2.45, 2.75) is 19.5 Å². The molecule has 0 saturated carbocycles. The maximum atomic E-state index is 12.9. The highest BCUT2D eigenvalue weighted by molar-refractivity contribution is 5.94. The van der Waals surface area contributed by atoms with Crippen molar-refractivity contribution in [3.05, 3.63) is 71.4 Å². The number of hydrogen-bond acceptors (Lipinski definition) is 0. The molecule has 1 N–H and O–H groups in total. The Morgan fingerprint density at radius 3 is 2.61 bits per heavy atom. The fraction of sp³-hybridized carbons (Fsp3) is 0.158. The molecular formula is C19H16F3N. The van der Waals surface area contributed by atoms with E-state index < -0.39 is 11.7 Å².